The summed E-state index contributed by atoms with van der Waals surface area (Å²) in [5.41, 5.74) is 2.21. The summed E-state index contributed by atoms with van der Waals surface area (Å²) in [6.45, 7) is 3.01. The summed E-state index contributed by atoms with van der Waals surface area (Å²) in [5, 5.41) is 6.98. The molecule has 134 valence electrons. The van der Waals surface area contributed by atoms with Crippen molar-refractivity contribution in [1.29, 1.82) is 0 Å². The number of nitrogens with one attached hydrogen (secondary N) is 1. The highest BCUT2D eigenvalue weighted by Gasteiger charge is 2.11. The van der Waals surface area contributed by atoms with Gasteiger partial charge in [-0.25, -0.2) is 9.67 Å². The zero-order valence-corrected chi connectivity index (χ0v) is 14.7. The molecule has 2 aromatic carbocycles. The molecule has 1 amide bonds. The molecule has 0 bridgehead atoms. The number of rotatable bonds is 7. The van der Waals surface area contributed by atoms with Crippen LogP contribution in [0.2, 0.25) is 0 Å². The van der Waals surface area contributed by atoms with Gasteiger partial charge in [0.1, 0.15) is 12.7 Å². The third-order valence-corrected chi connectivity index (χ3v) is 3.72. The van der Waals surface area contributed by atoms with Crippen LogP contribution in [0.3, 0.4) is 0 Å². The van der Waals surface area contributed by atoms with Crippen LogP contribution in [0.1, 0.15) is 22.8 Å². The monoisotopic (exact) mass is 352 g/mol. The quantitative estimate of drug-likeness (QED) is 0.707. The maximum Gasteiger partial charge on any atom is 0.255 e. The molecule has 1 heterocycles. The average molecular weight is 352 g/mol. The van der Waals surface area contributed by atoms with Crippen LogP contribution in [-0.4, -0.2) is 34.4 Å². The van der Waals surface area contributed by atoms with Gasteiger partial charge in [0.05, 0.1) is 20.3 Å². The van der Waals surface area contributed by atoms with Crippen LogP contribution in [0.25, 0.3) is 0 Å². The lowest BCUT2D eigenvalue weighted by Gasteiger charge is -2.11. The molecule has 0 aliphatic heterocycles. The Kier molecular flexibility index (Phi) is 5.48. The lowest BCUT2D eigenvalue weighted by molar-refractivity contribution is 0.102. The van der Waals surface area contributed by atoms with Gasteiger partial charge >= 0.3 is 0 Å². The van der Waals surface area contributed by atoms with Crippen LogP contribution in [0.5, 0.6) is 11.5 Å². The predicted octanol–water partition coefficient (Wildman–Crippen LogP) is 2.99. The van der Waals surface area contributed by atoms with Crippen LogP contribution >= 0.6 is 0 Å². The second kappa shape index (κ2) is 8.15. The summed E-state index contributed by atoms with van der Waals surface area (Å²) < 4.78 is 12.5. The van der Waals surface area contributed by atoms with E-state index < -0.39 is 0 Å². The Balaban J connectivity index is 1.73. The van der Waals surface area contributed by atoms with E-state index in [2.05, 4.69) is 15.4 Å². The molecule has 3 rings (SSSR count). The molecule has 7 heteroatoms. The summed E-state index contributed by atoms with van der Waals surface area (Å²) in [4.78, 5) is 16.5. The second-order valence-electron chi connectivity index (χ2n) is 5.55. The minimum Gasteiger partial charge on any atom is -0.493 e. The smallest absolute Gasteiger partial charge is 0.255 e. The Bertz CT molecular complexity index is 878. The molecule has 0 spiro atoms. The normalized spacial score (nSPS) is 10.4. The number of aromatic nitrogens is 3. The molecule has 0 saturated carbocycles. The molecule has 0 unspecified atom stereocenters. The summed E-state index contributed by atoms with van der Waals surface area (Å²) in [7, 11) is 1.55. The number of hydrogen-bond donors (Lipinski definition) is 1. The second-order valence-corrected chi connectivity index (χ2v) is 5.55. The Labute approximate surface area is 151 Å². The van der Waals surface area contributed by atoms with Gasteiger partial charge in [0, 0.05) is 11.3 Å². The fourth-order valence-electron chi connectivity index (χ4n) is 2.54. The fourth-order valence-corrected chi connectivity index (χ4v) is 2.54. The first-order chi connectivity index (χ1) is 12.7. The van der Waals surface area contributed by atoms with E-state index in [0.29, 0.717) is 35.9 Å². The van der Waals surface area contributed by atoms with Crippen LogP contribution in [-0.2, 0) is 6.54 Å². The molecule has 0 aliphatic carbocycles. The summed E-state index contributed by atoms with van der Waals surface area (Å²) in [6, 6.07) is 12.7. The van der Waals surface area contributed by atoms with E-state index >= 15 is 0 Å². The topological polar surface area (TPSA) is 78.3 Å². The van der Waals surface area contributed by atoms with Crippen molar-refractivity contribution in [2.24, 2.45) is 0 Å². The van der Waals surface area contributed by atoms with Gasteiger partial charge < -0.3 is 14.8 Å². The number of carbonyl (C=O) groups is 1. The molecule has 1 N–H and O–H groups in total. The van der Waals surface area contributed by atoms with Crippen molar-refractivity contribution in [2.45, 2.75) is 13.5 Å². The van der Waals surface area contributed by atoms with Crippen molar-refractivity contribution < 1.29 is 14.3 Å². The Hall–Kier alpha value is -3.35. The van der Waals surface area contributed by atoms with E-state index in [4.69, 9.17) is 9.47 Å². The van der Waals surface area contributed by atoms with Gasteiger partial charge in [0.15, 0.2) is 11.5 Å². The first-order valence-electron chi connectivity index (χ1n) is 8.23. The SMILES string of the molecule is CCOc1ccc(C(=O)Nc2cccc(Cn3cncn3)c2)cc1OC. The van der Waals surface area contributed by atoms with Crippen molar-refractivity contribution >= 4 is 11.6 Å². The average Bonchev–Trinajstić information content (AvgIpc) is 3.15. The molecular formula is C19H20N4O3. The van der Waals surface area contributed by atoms with Crippen molar-refractivity contribution in [2.75, 3.05) is 19.0 Å². The highest BCUT2D eigenvalue weighted by atomic mass is 16.5. The van der Waals surface area contributed by atoms with E-state index in [1.165, 1.54) is 6.33 Å². The van der Waals surface area contributed by atoms with Gasteiger partial charge in [-0.15, -0.1) is 0 Å². The summed E-state index contributed by atoms with van der Waals surface area (Å²) in [6.07, 6.45) is 3.14. The largest absolute Gasteiger partial charge is 0.493 e. The molecule has 0 saturated heterocycles. The van der Waals surface area contributed by atoms with Crippen molar-refractivity contribution in [3.63, 3.8) is 0 Å². The molecule has 0 aliphatic rings. The number of methoxy groups -OCH3 is 1. The molecule has 7 nitrogen and oxygen atoms in total. The van der Waals surface area contributed by atoms with Crippen LogP contribution in [0.15, 0.2) is 55.1 Å². The minimum atomic E-state index is -0.218. The summed E-state index contributed by atoms with van der Waals surface area (Å²) in [5.74, 6) is 0.921. The molecule has 26 heavy (non-hydrogen) atoms. The molecular weight excluding hydrogens is 332 g/mol. The Morgan fingerprint density at radius 3 is 2.81 bits per heavy atom. The van der Waals surface area contributed by atoms with Crippen LogP contribution in [0, 0.1) is 0 Å². The van der Waals surface area contributed by atoms with Gasteiger partial charge in [-0.3, -0.25) is 4.79 Å². The van der Waals surface area contributed by atoms with Crippen molar-refractivity contribution in [1.82, 2.24) is 14.8 Å². The van der Waals surface area contributed by atoms with Crippen LogP contribution < -0.4 is 14.8 Å². The molecule has 0 atom stereocenters. The maximum atomic E-state index is 12.5. The molecule has 0 fully saturated rings. The number of carbonyl (C=O) groups excluding carboxylic acids is 1. The lowest BCUT2D eigenvalue weighted by atomic mass is 10.1. The number of amides is 1. The highest BCUT2D eigenvalue weighted by Crippen LogP contribution is 2.28. The van der Waals surface area contributed by atoms with E-state index in [9.17, 15) is 4.79 Å². The Morgan fingerprint density at radius 2 is 2.08 bits per heavy atom. The summed E-state index contributed by atoms with van der Waals surface area (Å²) >= 11 is 0. The molecule has 3 aromatic rings. The van der Waals surface area contributed by atoms with E-state index in [0.717, 1.165) is 5.56 Å². The van der Waals surface area contributed by atoms with E-state index in [-0.39, 0.29) is 5.91 Å². The van der Waals surface area contributed by atoms with Crippen molar-refractivity contribution in [3.8, 4) is 11.5 Å². The van der Waals surface area contributed by atoms with Gasteiger partial charge in [0.2, 0.25) is 0 Å². The van der Waals surface area contributed by atoms with Gasteiger partial charge in [-0.1, -0.05) is 12.1 Å². The maximum absolute atomic E-state index is 12.5. The molecule has 1 aromatic heterocycles. The number of ether oxygens (including phenoxy) is 2. The lowest BCUT2D eigenvalue weighted by Crippen LogP contribution is -2.12. The Morgan fingerprint density at radius 1 is 1.19 bits per heavy atom. The molecule has 0 radical (unpaired) electrons. The number of hydrogen-bond acceptors (Lipinski definition) is 5. The van der Waals surface area contributed by atoms with Crippen LogP contribution in [0.4, 0.5) is 5.69 Å². The first kappa shape index (κ1) is 17.5. The van der Waals surface area contributed by atoms with Gasteiger partial charge in [0.25, 0.3) is 5.91 Å². The third-order valence-electron chi connectivity index (χ3n) is 3.72. The first-order valence-corrected chi connectivity index (χ1v) is 8.23. The van der Waals surface area contributed by atoms with Gasteiger partial charge in [-0.2, -0.15) is 5.10 Å². The number of anilines is 1. The fraction of sp³-hybridized carbons (Fsp3) is 0.211. The predicted molar refractivity (Wildman–Crippen MR) is 97.7 cm³/mol. The van der Waals surface area contributed by atoms with Crippen molar-refractivity contribution in [3.05, 3.63) is 66.2 Å². The number of benzene rings is 2. The minimum absolute atomic E-state index is 0.218. The highest BCUT2D eigenvalue weighted by molar-refractivity contribution is 6.04. The third kappa shape index (κ3) is 4.18. The van der Waals surface area contributed by atoms with E-state index in [1.54, 1.807) is 36.3 Å². The van der Waals surface area contributed by atoms with E-state index in [1.807, 2.05) is 31.2 Å². The zero-order valence-electron chi connectivity index (χ0n) is 14.7. The standard InChI is InChI=1S/C19H20N4O3/c1-3-26-17-8-7-15(10-18(17)25-2)19(24)22-16-6-4-5-14(9-16)11-23-13-20-12-21-23/h4-10,12-13H,3,11H2,1-2H3,(H,22,24). The van der Waals surface area contributed by atoms with Gasteiger partial charge in [-0.05, 0) is 42.8 Å². The zero-order chi connectivity index (χ0) is 18.4. The number of nitrogens with zero attached hydrogens (tertiary/aromatic N) is 3.